The molecule has 1 fully saturated rings. The van der Waals surface area contributed by atoms with Crippen LogP contribution in [-0.4, -0.2) is 6.61 Å². The van der Waals surface area contributed by atoms with Crippen LogP contribution >= 0.6 is 0 Å². The molecule has 2 aromatic rings. The largest absolute Gasteiger partial charge is 0.434 e. The van der Waals surface area contributed by atoms with Crippen molar-refractivity contribution < 1.29 is 17.9 Å². The van der Waals surface area contributed by atoms with Crippen LogP contribution in [0.4, 0.5) is 13.2 Å². The lowest BCUT2D eigenvalue weighted by Gasteiger charge is -2.28. The van der Waals surface area contributed by atoms with Gasteiger partial charge in [-0.15, -0.1) is 0 Å². The van der Waals surface area contributed by atoms with Gasteiger partial charge in [0.25, 0.3) is 0 Å². The number of hydrogen-bond acceptors (Lipinski definition) is 1. The van der Waals surface area contributed by atoms with Crippen molar-refractivity contribution in [1.29, 1.82) is 0 Å². The molecule has 0 heterocycles. The summed E-state index contributed by atoms with van der Waals surface area (Å²) >= 11 is 0. The molecular weight excluding hydrogens is 337 g/mol. The lowest BCUT2D eigenvalue weighted by Crippen LogP contribution is -2.12. The Morgan fingerprint density at radius 2 is 1.81 bits per heavy atom. The van der Waals surface area contributed by atoms with E-state index < -0.39 is 12.4 Å². The summed E-state index contributed by atoms with van der Waals surface area (Å²) < 4.78 is 45.1. The minimum atomic E-state index is -2.95. The van der Waals surface area contributed by atoms with E-state index in [-0.39, 0.29) is 11.3 Å². The Kier molecular flexibility index (Phi) is 6.10. The van der Waals surface area contributed by atoms with Gasteiger partial charge in [0.15, 0.2) is 0 Å². The van der Waals surface area contributed by atoms with Crippen LogP contribution in [0.5, 0.6) is 5.75 Å². The molecule has 0 aliphatic heterocycles. The first-order valence-electron chi connectivity index (χ1n) is 9.73. The van der Waals surface area contributed by atoms with Crippen LogP contribution < -0.4 is 4.74 Å². The Morgan fingerprint density at radius 3 is 2.42 bits per heavy atom. The predicted octanol–water partition coefficient (Wildman–Crippen LogP) is 7.22. The molecule has 4 heteroatoms. The van der Waals surface area contributed by atoms with E-state index in [0.717, 1.165) is 18.8 Å². The Morgan fingerprint density at radius 1 is 1.08 bits per heavy atom. The smallest absolute Gasteiger partial charge is 0.387 e. The molecule has 1 nitrogen and oxygen atoms in total. The fourth-order valence-corrected chi connectivity index (χ4v) is 4.24. The second-order valence-corrected chi connectivity index (χ2v) is 7.40. The van der Waals surface area contributed by atoms with E-state index in [1.807, 2.05) is 19.1 Å². The number of fused-ring (bicyclic) bond motifs is 1. The summed E-state index contributed by atoms with van der Waals surface area (Å²) in [5.74, 6) is 0.826. The number of benzene rings is 2. The van der Waals surface area contributed by atoms with Crippen molar-refractivity contribution >= 4 is 10.8 Å². The highest BCUT2D eigenvalue weighted by atomic mass is 19.3. The van der Waals surface area contributed by atoms with Gasteiger partial charge >= 0.3 is 6.61 Å². The zero-order chi connectivity index (χ0) is 18.7. The average Bonchev–Trinajstić information content (AvgIpc) is 2.64. The Balaban J connectivity index is 1.97. The SMILES string of the molecule is CCCc1c(OC(F)F)cc2cc(C3CCC(CC)CC3)ccc2c1F. The lowest BCUT2D eigenvalue weighted by atomic mass is 9.77. The molecule has 0 aromatic heterocycles. The first-order valence-corrected chi connectivity index (χ1v) is 9.73. The molecule has 0 atom stereocenters. The van der Waals surface area contributed by atoms with Gasteiger partial charge in [-0.25, -0.2) is 4.39 Å². The zero-order valence-electron chi connectivity index (χ0n) is 15.5. The van der Waals surface area contributed by atoms with Crippen LogP contribution in [0.3, 0.4) is 0 Å². The van der Waals surface area contributed by atoms with Gasteiger partial charge in [0.2, 0.25) is 0 Å². The molecule has 0 unspecified atom stereocenters. The minimum absolute atomic E-state index is 0.0290. The molecule has 1 saturated carbocycles. The number of rotatable bonds is 6. The van der Waals surface area contributed by atoms with Gasteiger partial charge in [0, 0.05) is 10.9 Å². The molecule has 0 amide bonds. The normalized spacial score (nSPS) is 20.7. The highest BCUT2D eigenvalue weighted by Crippen LogP contribution is 2.39. The van der Waals surface area contributed by atoms with E-state index in [1.54, 1.807) is 12.1 Å². The van der Waals surface area contributed by atoms with Crippen molar-refractivity contribution in [2.45, 2.75) is 71.3 Å². The van der Waals surface area contributed by atoms with E-state index in [4.69, 9.17) is 0 Å². The number of hydrogen-bond donors (Lipinski definition) is 0. The first kappa shape index (κ1) is 19.1. The van der Waals surface area contributed by atoms with E-state index in [0.29, 0.717) is 29.5 Å². The Labute approximate surface area is 153 Å². The number of halogens is 3. The maximum atomic E-state index is 14.9. The van der Waals surface area contributed by atoms with Crippen LogP contribution in [0.15, 0.2) is 24.3 Å². The fourth-order valence-electron chi connectivity index (χ4n) is 4.24. The summed E-state index contributed by atoms with van der Waals surface area (Å²) in [5.41, 5.74) is 1.43. The van der Waals surface area contributed by atoms with Crippen LogP contribution in [0.25, 0.3) is 10.8 Å². The van der Waals surface area contributed by atoms with Crippen molar-refractivity contribution in [3.8, 4) is 5.75 Å². The van der Waals surface area contributed by atoms with Crippen molar-refractivity contribution in [2.24, 2.45) is 5.92 Å². The van der Waals surface area contributed by atoms with Crippen molar-refractivity contribution in [2.75, 3.05) is 0 Å². The number of ether oxygens (including phenoxy) is 1. The molecule has 26 heavy (non-hydrogen) atoms. The molecule has 142 valence electrons. The van der Waals surface area contributed by atoms with Crippen molar-refractivity contribution in [3.63, 3.8) is 0 Å². The van der Waals surface area contributed by atoms with Gasteiger partial charge in [-0.05, 0) is 61.0 Å². The molecule has 3 rings (SSSR count). The van der Waals surface area contributed by atoms with E-state index in [2.05, 4.69) is 11.7 Å². The van der Waals surface area contributed by atoms with Gasteiger partial charge in [-0.1, -0.05) is 44.9 Å². The van der Waals surface area contributed by atoms with Crippen LogP contribution in [0, 0.1) is 11.7 Å². The van der Waals surface area contributed by atoms with Gasteiger partial charge in [-0.2, -0.15) is 8.78 Å². The molecule has 0 radical (unpaired) electrons. The molecule has 0 N–H and O–H groups in total. The Hall–Kier alpha value is -1.71. The highest BCUT2D eigenvalue weighted by Gasteiger charge is 2.23. The molecule has 0 spiro atoms. The van der Waals surface area contributed by atoms with Gasteiger partial charge in [0.05, 0.1) is 0 Å². The van der Waals surface area contributed by atoms with Crippen molar-refractivity contribution in [1.82, 2.24) is 0 Å². The summed E-state index contributed by atoms with van der Waals surface area (Å²) in [7, 11) is 0. The maximum Gasteiger partial charge on any atom is 0.387 e. The van der Waals surface area contributed by atoms with E-state index in [9.17, 15) is 13.2 Å². The fraction of sp³-hybridized carbons (Fsp3) is 0.545. The van der Waals surface area contributed by atoms with E-state index >= 15 is 0 Å². The minimum Gasteiger partial charge on any atom is -0.434 e. The van der Waals surface area contributed by atoms with Crippen LogP contribution in [0.1, 0.15) is 69.4 Å². The summed E-state index contributed by atoms with van der Waals surface area (Å²) in [6.45, 7) is 1.18. The standard InChI is InChI=1S/C22H27F3O/c1-3-5-19-20(26-22(24)25)13-17-12-16(10-11-18(17)21(19)23)15-8-6-14(4-2)7-9-15/h10-15,22H,3-9H2,1-2H3. The van der Waals surface area contributed by atoms with Crippen LogP contribution in [0.2, 0.25) is 0 Å². The predicted molar refractivity (Wildman–Crippen MR) is 99.5 cm³/mol. The summed E-state index contributed by atoms with van der Waals surface area (Å²) in [4.78, 5) is 0. The summed E-state index contributed by atoms with van der Waals surface area (Å²) in [5, 5.41) is 1.13. The third kappa shape index (κ3) is 3.99. The van der Waals surface area contributed by atoms with Gasteiger partial charge < -0.3 is 4.74 Å². The molecule has 1 aliphatic rings. The molecule has 0 bridgehead atoms. The van der Waals surface area contributed by atoms with Crippen molar-refractivity contribution in [3.05, 3.63) is 41.2 Å². The average molecular weight is 364 g/mol. The lowest BCUT2D eigenvalue weighted by molar-refractivity contribution is -0.0505. The van der Waals surface area contributed by atoms with Crippen LogP contribution in [-0.2, 0) is 6.42 Å². The summed E-state index contributed by atoms with van der Waals surface area (Å²) in [6.07, 6.45) is 7.00. The second kappa shape index (κ2) is 8.32. The number of alkyl halides is 2. The molecule has 1 aliphatic carbocycles. The zero-order valence-corrected chi connectivity index (χ0v) is 15.5. The third-order valence-corrected chi connectivity index (χ3v) is 5.77. The molecule has 2 aromatic carbocycles. The first-order chi connectivity index (χ1) is 12.5. The van der Waals surface area contributed by atoms with Gasteiger partial charge in [0.1, 0.15) is 11.6 Å². The summed E-state index contributed by atoms with van der Waals surface area (Å²) in [6, 6.07) is 7.35. The second-order valence-electron chi connectivity index (χ2n) is 7.40. The quantitative estimate of drug-likeness (QED) is 0.526. The topological polar surface area (TPSA) is 9.23 Å². The third-order valence-electron chi connectivity index (χ3n) is 5.77. The monoisotopic (exact) mass is 364 g/mol. The maximum absolute atomic E-state index is 14.9. The molecular formula is C22H27F3O. The van der Waals surface area contributed by atoms with E-state index in [1.165, 1.54) is 24.8 Å². The molecule has 0 saturated heterocycles. The highest BCUT2D eigenvalue weighted by molar-refractivity contribution is 5.86. The van der Waals surface area contributed by atoms with Gasteiger partial charge in [-0.3, -0.25) is 0 Å². The Bertz CT molecular complexity index is 749.